The van der Waals surface area contributed by atoms with Crippen LogP contribution < -0.4 is 4.31 Å². The maximum Gasteiger partial charge on any atom is 0.460 e. The predicted molar refractivity (Wildman–Crippen MR) is 190 cm³/mol. The van der Waals surface area contributed by atoms with Crippen LogP contribution in [0.3, 0.4) is 0 Å². The van der Waals surface area contributed by atoms with Crippen LogP contribution in [0, 0.1) is 12.3 Å². The van der Waals surface area contributed by atoms with Crippen molar-refractivity contribution in [2.75, 3.05) is 15.3 Å². The molecule has 0 saturated heterocycles. The number of hydrogen-bond donors (Lipinski definition) is 0. The zero-order valence-electron chi connectivity index (χ0n) is 29.7. The number of benzene rings is 3. The smallest absolute Gasteiger partial charge is 0.265 e. The highest BCUT2D eigenvalue weighted by molar-refractivity contribution is 14.1. The lowest BCUT2D eigenvalue weighted by Gasteiger charge is -2.43. The number of fused-ring (bicyclic) bond motifs is 1. The highest BCUT2D eigenvalue weighted by Crippen LogP contribution is 2.63. The van der Waals surface area contributed by atoms with E-state index in [4.69, 9.17) is 0 Å². The summed E-state index contributed by atoms with van der Waals surface area (Å²) in [4.78, 5) is -0.415. The summed E-state index contributed by atoms with van der Waals surface area (Å²) in [5.41, 5.74) is -1.92. The third-order valence-electron chi connectivity index (χ3n) is 9.57. The van der Waals surface area contributed by atoms with Crippen molar-refractivity contribution in [3.63, 3.8) is 0 Å². The summed E-state index contributed by atoms with van der Waals surface area (Å²) in [6.45, 7) is 6.83. The van der Waals surface area contributed by atoms with Crippen molar-refractivity contribution in [2.24, 2.45) is 5.41 Å². The molecule has 4 rings (SSSR count). The molecular weight excluding hydrogens is 896 g/mol. The molecule has 0 fully saturated rings. The molecule has 3 aromatic carbocycles. The molecule has 0 radical (unpaired) electrons. The van der Waals surface area contributed by atoms with E-state index in [2.05, 4.69) is 0 Å². The molecule has 0 aliphatic carbocycles. The van der Waals surface area contributed by atoms with Crippen LogP contribution >= 0.6 is 22.6 Å². The summed E-state index contributed by atoms with van der Waals surface area (Å²) in [5, 5.41) is 0. The Morgan fingerprint density at radius 1 is 0.709 bits per heavy atom. The Hall–Kier alpha value is -3.03. The van der Waals surface area contributed by atoms with Crippen molar-refractivity contribution < 1.29 is 65.5 Å². The molecule has 1 aliphatic heterocycles. The molecule has 3 nitrogen and oxygen atoms in total. The van der Waals surface area contributed by atoms with Crippen LogP contribution in [-0.4, -0.2) is 55.2 Å². The summed E-state index contributed by atoms with van der Waals surface area (Å²) in [6.07, 6.45) is -10.5. The SMILES string of the molecule is Cc1ccc(S(=O)(=O)N2CC(C)(CC(F)(F)C(F)(F)C(F)(F)C(F)(F)C(F)(F)C(F)(F)F)C(CCI)=C(c3ccc(C(C)(C)C)cc3)c3ccccc32)cc1. The third kappa shape index (κ3) is 7.58. The second-order valence-corrected chi connectivity index (χ2v) is 17.6. The number of halogens is 14. The maximum absolute atomic E-state index is 16.0. The number of sulfonamides is 1. The van der Waals surface area contributed by atoms with Crippen molar-refractivity contribution >= 4 is 43.9 Å². The monoisotopic (exact) mass is 931 g/mol. The Morgan fingerprint density at radius 3 is 1.71 bits per heavy atom. The molecule has 0 saturated carbocycles. The van der Waals surface area contributed by atoms with Gasteiger partial charge < -0.3 is 0 Å². The van der Waals surface area contributed by atoms with Gasteiger partial charge in [-0.3, -0.25) is 4.31 Å². The van der Waals surface area contributed by atoms with Crippen molar-refractivity contribution in [3.05, 3.63) is 101 Å². The topological polar surface area (TPSA) is 37.4 Å². The van der Waals surface area contributed by atoms with Gasteiger partial charge in [0.2, 0.25) is 0 Å². The lowest BCUT2D eigenvalue weighted by Crippen LogP contribution is -2.70. The molecular formula is C37H35F13INO2S. The van der Waals surface area contributed by atoms with Crippen LogP contribution in [-0.2, 0) is 15.4 Å². The zero-order valence-corrected chi connectivity index (χ0v) is 32.7. The summed E-state index contributed by atoms with van der Waals surface area (Å²) in [5.74, 6) is -38.0. The first-order valence-electron chi connectivity index (χ1n) is 16.4. The zero-order chi connectivity index (χ0) is 42.0. The minimum absolute atomic E-state index is 0.00311. The molecule has 1 aliphatic rings. The van der Waals surface area contributed by atoms with E-state index in [-0.39, 0.29) is 38.8 Å². The van der Waals surface area contributed by atoms with Gasteiger partial charge in [0.25, 0.3) is 10.0 Å². The van der Waals surface area contributed by atoms with E-state index in [1.54, 1.807) is 41.6 Å². The first-order chi connectivity index (χ1) is 24.8. The summed E-state index contributed by atoms with van der Waals surface area (Å²) in [6, 6.07) is 17.0. The number of anilines is 1. The van der Waals surface area contributed by atoms with Gasteiger partial charge in [-0.05, 0) is 53.7 Å². The molecule has 3 aromatic rings. The van der Waals surface area contributed by atoms with E-state index < -0.39 is 74.5 Å². The Kier molecular flexibility index (Phi) is 11.7. The lowest BCUT2D eigenvalue weighted by atomic mass is 9.71. The molecule has 0 aromatic heterocycles. The average Bonchev–Trinajstić information content (AvgIpc) is 3.16. The van der Waals surface area contributed by atoms with Gasteiger partial charge in [0.1, 0.15) is 0 Å². The second kappa shape index (κ2) is 14.4. The van der Waals surface area contributed by atoms with E-state index in [1.165, 1.54) is 48.5 Å². The molecule has 1 atom stereocenters. The normalized spacial score (nSPS) is 18.3. The number of alkyl halides is 14. The van der Waals surface area contributed by atoms with E-state index >= 15 is 17.6 Å². The van der Waals surface area contributed by atoms with Crippen molar-refractivity contribution in [2.45, 2.75) is 93.6 Å². The van der Waals surface area contributed by atoms with Gasteiger partial charge in [0.05, 0.1) is 10.6 Å². The fourth-order valence-corrected chi connectivity index (χ4v) is 8.62. The third-order valence-corrected chi connectivity index (χ3v) is 11.9. The molecule has 1 heterocycles. The summed E-state index contributed by atoms with van der Waals surface area (Å²) >= 11 is 1.78. The van der Waals surface area contributed by atoms with Crippen LogP contribution in [0.2, 0.25) is 0 Å². The molecule has 0 amide bonds. The Morgan fingerprint density at radius 2 is 1.22 bits per heavy atom. The molecule has 0 N–H and O–H groups in total. The highest BCUT2D eigenvalue weighted by atomic mass is 127. The number of para-hydroxylation sites is 1. The maximum atomic E-state index is 16.0. The molecule has 0 bridgehead atoms. The van der Waals surface area contributed by atoms with Crippen LogP contribution in [0.4, 0.5) is 62.8 Å². The van der Waals surface area contributed by atoms with Crippen molar-refractivity contribution in [3.8, 4) is 0 Å². The van der Waals surface area contributed by atoms with Gasteiger partial charge in [-0.15, -0.1) is 0 Å². The first kappa shape index (κ1) is 44.7. The minimum Gasteiger partial charge on any atom is -0.265 e. The average molecular weight is 932 g/mol. The summed E-state index contributed by atoms with van der Waals surface area (Å²) in [7, 11) is -4.85. The number of nitrogens with zero attached hydrogens (tertiary/aromatic N) is 1. The van der Waals surface area contributed by atoms with E-state index in [1.807, 2.05) is 20.8 Å². The molecule has 304 valence electrons. The standard InChI is InChI=1S/C37H35F13INO2S/c1-22-10-16-25(17-11-22)55(53,54)52-21-31(5,20-32(38,39)33(40,41)34(42,43)35(44,45)36(46,47)37(48,49)50)27(18-19-51)29(26-8-6-7-9-28(26)52)23-12-14-24(15-13-23)30(2,3)4/h6-17H,18-21H2,1-5H3. The fourth-order valence-electron chi connectivity index (χ4n) is 6.47. The van der Waals surface area contributed by atoms with Gasteiger partial charge in [-0.2, -0.15) is 57.1 Å². The molecule has 1 unspecified atom stereocenters. The molecule has 55 heavy (non-hydrogen) atoms. The molecule has 0 spiro atoms. The minimum atomic E-state index is -8.08. The van der Waals surface area contributed by atoms with Gasteiger partial charge in [-0.1, -0.05) is 116 Å². The van der Waals surface area contributed by atoms with E-state index in [0.717, 1.165) is 24.6 Å². The van der Waals surface area contributed by atoms with Gasteiger partial charge >= 0.3 is 35.8 Å². The van der Waals surface area contributed by atoms with Crippen LogP contribution in [0.15, 0.2) is 83.3 Å². The van der Waals surface area contributed by atoms with E-state index in [9.17, 15) is 47.9 Å². The summed E-state index contributed by atoms with van der Waals surface area (Å²) < 4.78 is 216. The number of rotatable bonds is 11. The Labute approximate surface area is 323 Å². The van der Waals surface area contributed by atoms with Crippen LogP contribution in [0.5, 0.6) is 0 Å². The Bertz CT molecular complexity index is 2020. The lowest BCUT2D eigenvalue weighted by molar-refractivity contribution is -0.441. The highest BCUT2D eigenvalue weighted by Gasteiger charge is 2.90. The van der Waals surface area contributed by atoms with Crippen molar-refractivity contribution in [1.29, 1.82) is 0 Å². The van der Waals surface area contributed by atoms with E-state index in [0.29, 0.717) is 9.87 Å². The largest absolute Gasteiger partial charge is 0.460 e. The number of aryl methyl sites for hydroxylation is 1. The van der Waals surface area contributed by atoms with Gasteiger partial charge in [-0.25, -0.2) is 8.42 Å². The number of hydrogen-bond acceptors (Lipinski definition) is 2. The van der Waals surface area contributed by atoms with Gasteiger partial charge in [0, 0.05) is 28.4 Å². The van der Waals surface area contributed by atoms with Crippen LogP contribution in [0.1, 0.15) is 62.8 Å². The van der Waals surface area contributed by atoms with Gasteiger partial charge in [0.15, 0.2) is 0 Å². The second-order valence-electron chi connectivity index (χ2n) is 14.7. The van der Waals surface area contributed by atoms with Crippen LogP contribution in [0.25, 0.3) is 5.57 Å². The first-order valence-corrected chi connectivity index (χ1v) is 19.3. The quantitative estimate of drug-likeness (QED) is 0.109. The fraction of sp³-hybridized carbons (Fsp3) is 0.459. The Balaban J connectivity index is 2.08. The predicted octanol–water partition coefficient (Wildman–Crippen LogP) is 12.3. The van der Waals surface area contributed by atoms with Crippen molar-refractivity contribution in [1.82, 2.24) is 0 Å². The molecule has 18 heteroatoms.